The number of aromatic nitrogens is 3. The zero-order chi connectivity index (χ0) is 17.4. The standard InChI is InChI=1S/C15H17F3N4O/c1-14(2,3)11-8-9(22(4)21-11)13(23)20-12-7-5-6-10(19-12)15(16,17)18/h5-8H,1-4H3,(H,19,20,23). The van der Waals surface area contributed by atoms with E-state index in [0.717, 1.165) is 6.07 Å². The van der Waals surface area contributed by atoms with Gasteiger partial charge in [-0.05, 0) is 18.2 Å². The van der Waals surface area contributed by atoms with Crippen LogP contribution in [0.15, 0.2) is 24.3 Å². The average Bonchev–Trinajstić information content (AvgIpc) is 2.80. The monoisotopic (exact) mass is 326 g/mol. The number of halogens is 3. The van der Waals surface area contributed by atoms with E-state index in [1.807, 2.05) is 20.8 Å². The fourth-order valence-electron chi connectivity index (χ4n) is 1.89. The minimum atomic E-state index is -4.56. The summed E-state index contributed by atoms with van der Waals surface area (Å²) < 4.78 is 39.3. The maximum atomic E-state index is 12.6. The molecule has 124 valence electrons. The number of nitrogens with zero attached hydrogens (tertiary/aromatic N) is 3. The molecular weight excluding hydrogens is 309 g/mol. The molecule has 0 spiro atoms. The number of alkyl halides is 3. The van der Waals surface area contributed by atoms with Gasteiger partial charge in [-0.15, -0.1) is 0 Å². The Hall–Kier alpha value is -2.38. The Morgan fingerprint density at radius 1 is 1.17 bits per heavy atom. The number of anilines is 1. The van der Waals surface area contributed by atoms with Crippen molar-refractivity contribution in [3.8, 4) is 0 Å². The molecule has 0 saturated heterocycles. The van der Waals surface area contributed by atoms with Crippen molar-refractivity contribution in [2.45, 2.75) is 32.4 Å². The van der Waals surface area contributed by atoms with Crippen LogP contribution in [0.3, 0.4) is 0 Å². The summed E-state index contributed by atoms with van der Waals surface area (Å²) in [6, 6.07) is 4.95. The van der Waals surface area contributed by atoms with Gasteiger partial charge in [-0.1, -0.05) is 26.8 Å². The molecule has 2 rings (SSSR count). The van der Waals surface area contributed by atoms with Gasteiger partial charge in [0.1, 0.15) is 17.2 Å². The van der Waals surface area contributed by atoms with E-state index in [2.05, 4.69) is 15.4 Å². The molecule has 0 aromatic carbocycles. The molecule has 5 nitrogen and oxygen atoms in total. The topological polar surface area (TPSA) is 59.8 Å². The summed E-state index contributed by atoms with van der Waals surface area (Å²) in [5.74, 6) is -0.731. The van der Waals surface area contributed by atoms with Crippen molar-refractivity contribution in [1.82, 2.24) is 14.8 Å². The van der Waals surface area contributed by atoms with Gasteiger partial charge in [0.25, 0.3) is 5.91 Å². The molecule has 1 N–H and O–H groups in total. The second-order valence-electron chi connectivity index (χ2n) is 6.15. The summed E-state index contributed by atoms with van der Waals surface area (Å²) in [6.45, 7) is 5.85. The van der Waals surface area contributed by atoms with Gasteiger partial charge in [0, 0.05) is 12.5 Å². The first-order valence-corrected chi connectivity index (χ1v) is 6.88. The van der Waals surface area contributed by atoms with Crippen LogP contribution in [-0.4, -0.2) is 20.7 Å². The smallest absolute Gasteiger partial charge is 0.305 e. The van der Waals surface area contributed by atoms with Gasteiger partial charge in [-0.3, -0.25) is 9.48 Å². The van der Waals surface area contributed by atoms with E-state index in [-0.39, 0.29) is 16.9 Å². The third-order valence-corrected chi connectivity index (χ3v) is 3.16. The number of aryl methyl sites for hydroxylation is 1. The van der Waals surface area contributed by atoms with E-state index in [0.29, 0.717) is 5.69 Å². The number of hydrogen-bond donors (Lipinski definition) is 1. The van der Waals surface area contributed by atoms with Crippen LogP contribution >= 0.6 is 0 Å². The highest BCUT2D eigenvalue weighted by Crippen LogP contribution is 2.28. The predicted octanol–water partition coefficient (Wildman–Crippen LogP) is 3.38. The van der Waals surface area contributed by atoms with Crippen molar-refractivity contribution in [1.29, 1.82) is 0 Å². The summed E-state index contributed by atoms with van der Waals surface area (Å²) in [4.78, 5) is 15.7. The second-order valence-corrected chi connectivity index (χ2v) is 6.15. The summed E-state index contributed by atoms with van der Waals surface area (Å²) in [7, 11) is 1.60. The highest BCUT2D eigenvalue weighted by molar-refractivity contribution is 6.02. The number of hydrogen-bond acceptors (Lipinski definition) is 3. The molecule has 0 aliphatic rings. The van der Waals surface area contributed by atoms with Gasteiger partial charge < -0.3 is 5.32 Å². The lowest BCUT2D eigenvalue weighted by atomic mass is 9.92. The highest BCUT2D eigenvalue weighted by Gasteiger charge is 2.32. The number of carbonyl (C=O) groups excluding carboxylic acids is 1. The normalized spacial score (nSPS) is 12.3. The van der Waals surface area contributed by atoms with E-state index in [1.54, 1.807) is 13.1 Å². The Balaban J connectivity index is 2.25. The number of nitrogens with one attached hydrogen (secondary N) is 1. The summed E-state index contributed by atoms with van der Waals surface area (Å²) >= 11 is 0. The number of carbonyl (C=O) groups is 1. The summed E-state index contributed by atoms with van der Waals surface area (Å²) in [5, 5.41) is 6.62. The third kappa shape index (κ3) is 3.88. The fraction of sp³-hybridized carbons (Fsp3) is 0.400. The Labute approximate surface area is 131 Å². The number of rotatable bonds is 2. The molecule has 23 heavy (non-hydrogen) atoms. The van der Waals surface area contributed by atoms with Crippen LogP contribution in [0.25, 0.3) is 0 Å². The molecule has 8 heteroatoms. The van der Waals surface area contributed by atoms with Crippen molar-refractivity contribution in [2.24, 2.45) is 7.05 Å². The van der Waals surface area contributed by atoms with Crippen LogP contribution in [-0.2, 0) is 18.6 Å². The predicted molar refractivity (Wildman–Crippen MR) is 79.1 cm³/mol. The zero-order valence-electron chi connectivity index (χ0n) is 13.2. The first-order chi connectivity index (χ1) is 10.5. The lowest BCUT2D eigenvalue weighted by Crippen LogP contribution is -2.18. The molecule has 1 amide bonds. The first kappa shape index (κ1) is 17.0. The highest BCUT2D eigenvalue weighted by atomic mass is 19.4. The van der Waals surface area contributed by atoms with Crippen molar-refractivity contribution in [2.75, 3.05) is 5.32 Å². The Morgan fingerprint density at radius 3 is 2.35 bits per heavy atom. The Bertz CT molecular complexity index is 729. The van der Waals surface area contributed by atoms with Crippen molar-refractivity contribution >= 4 is 11.7 Å². The largest absolute Gasteiger partial charge is 0.433 e. The molecule has 2 aromatic heterocycles. The van der Waals surface area contributed by atoms with Crippen molar-refractivity contribution in [3.63, 3.8) is 0 Å². The van der Waals surface area contributed by atoms with Crippen LogP contribution in [0.4, 0.5) is 19.0 Å². The molecule has 2 heterocycles. The maximum Gasteiger partial charge on any atom is 0.433 e. The molecule has 0 aliphatic heterocycles. The van der Waals surface area contributed by atoms with Gasteiger partial charge in [0.05, 0.1) is 5.69 Å². The lowest BCUT2D eigenvalue weighted by molar-refractivity contribution is -0.141. The zero-order valence-corrected chi connectivity index (χ0v) is 13.2. The quantitative estimate of drug-likeness (QED) is 0.920. The molecule has 0 fully saturated rings. The van der Waals surface area contributed by atoms with Crippen LogP contribution in [0.5, 0.6) is 0 Å². The summed E-state index contributed by atoms with van der Waals surface area (Å²) in [6.07, 6.45) is -4.56. The van der Waals surface area contributed by atoms with Crippen LogP contribution in [0.1, 0.15) is 42.6 Å². The van der Waals surface area contributed by atoms with E-state index in [4.69, 9.17) is 0 Å². The van der Waals surface area contributed by atoms with Gasteiger partial charge in [0.2, 0.25) is 0 Å². The van der Waals surface area contributed by atoms with E-state index in [9.17, 15) is 18.0 Å². The molecule has 0 saturated carbocycles. The number of amides is 1. The molecule has 0 aliphatic carbocycles. The van der Waals surface area contributed by atoms with Crippen LogP contribution < -0.4 is 5.32 Å². The minimum Gasteiger partial charge on any atom is -0.305 e. The number of pyridine rings is 1. The molecular formula is C15H17F3N4O. The van der Waals surface area contributed by atoms with Crippen molar-refractivity contribution < 1.29 is 18.0 Å². The van der Waals surface area contributed by atoms with Gasteiger partial charge in [-0.2, -0.15) is 18.3 Å². The van der Waals surface area contributed by atoms with Gasteiger partial charge in [0.15, 0.2) is 0 Å². The minimum absolute atomic E-state index is 0.164. The average molecular weight is 326 g/mol. The van der Waals surface area contributed by atoms with E-state index >= 15 is 0 Å². The Morgan fingerprint density at radius 2 is 1.83 bits per heavy atom. The van der Waals surface area contributed by atoms with Gasteiger partial charge in [-0.25, -0.2) is 4.98 Å². The van der Waals surface area contributed by atoms with E-state index in [1.165, 1.54) is 16.8 Å². The Kier molecular flexibility index (Phi) is 4.19. The van der Waals surface area contributed by atoms with Crippen LogP contribution in [0.2, 0.25) is 0 Å². The second kappa shape index (κ2) is 5.68. The SMILES string of the molecule is Cn1nc(C(C)(C)C)cc1C(=O)Nc1cccc(C(F)(F)F)n1. The lowest BCUT2D eigenvalue weighted by Gasteiger charge is -2.13. The fourth-order valence-corrected chi connectivity index (χ4v) is 1.89. The molecule has 0 unspecified atom stereocenters. The van der Waals surface area contributed by atoms with E-state index < -0.39 is 17.8 Å². The third-order valence-electron chi connectivity index (χ3n) is 3.16. The molecule has 0 radical (unpaired) electrons. The van der Waals surface area contributed by atoms with Gasteiger partial charge >= 0.3 is 6.18 Å². The van der Waals surface area contributed by atoms with Crippen molar-refractivity contribution in [3.05, 3.63) is 41.3 Å². The maximum absolute atomic E-state index is 12.6. The first-order valence-electron chi connectivity index (χ1n) is 6.88. The molecule has 2 aromatic rings. The molecule has 0 atom stereocenters. The molecule has 0 bridgehead atoms. The van der Waals surface area contributed by atoms with Crippen LogP contribution in [0, 0.1) is 0 Å². The summed E-state index contributed by atoms with van der Waals surface area (Å²) in [5.41, 5.74) is -0.350.